The van der Waals surface area contributed by atoms with Gasteiger partial charge in [-0.25, -0.2) is 0 Å². The van der Waals surface area contributed by atoms with Crippen molar-refractivity contribution in [2.45, 2.75) is 25.1 Å². The third-order valence-corrected chi connectivity index (χ3v) is 3.53. The maximum atomic E-state index is 11.2. The summed E-state index contributed by atoms with van der Waals surface area (Å²) in [5.41, 5.74) is 0.735. The summed E-state index contributed by atoms with van der Waals surface area (Å²) in [6.07, 6.45) is 2.49. The van der Waals surface area contributed by atoms with Gasteiger partial charge in [0.2, 0.25) is 0 Å². The van der Waals surface area contributed by atoms with Gasteiger partial charge in [-0.15, -0.1) is 11.6 Å². The number of pyridine rings is 1. The number of alkyl halides is 1. The monoisotopic (exact) mass is 383 g/mol. The average Bonchev–Trinajstić information content (AvgIpc) is 2.26. The van der Waals surface area contributed by atoms with Crippen molar-refractivity contribution in [1.82, 2.24) is 4.98 Å². The Kier molecular flexibility index (Phi) is 6.44. The third-order valence-electron chi connectivity index (χ3n) is 2.04. The third kappa shape index (κ3) is 4.94. The second kappa shape index (κ2) is 7.34. The van der Waals surface area contributed by atoms with E-state index >= 15 is 0 Å². The van der Waals surface area contributed by atoms with Crippen molar-refractivity contribution in [3.05, 3.63) is 26.9 Å². The molecule has 94 valence electrons. The quantitative estimate of drug-likeness (QED) is 0.562. The molecule has 1 aromatic rings. The predicted molar refractivity (Wildman–Crippen MR) is 74.1 cm³/mol. The molecule has 1 heterocycles. The molecule has 0 fully saturated rings. The van der Waals surface area contributed by atoms with Crippen LogP contribution in [0.3, 0.4) is 0 Å². The summed E-state index contributed by atoms with van der Waals surface area (Å²) >= 11 is 12.9. The summed E-state index contributed by atoms with van der Waals surface area (Å²) in [5.74, 6) is -0.230. The highest BCUT2D eigenvalue weighted by Crippen LogP contribution is 2.31. The van der Waals surface area contributed by atoms with Gasteiger partial charge in [-0.1, -0.05) is 0 Å². The van der Waals surface area contributed by atoms with E-state index < -0.39 is 0 Å². The van der Waals surface area contributed by atoms with Crippen LogP contribution in [-0.4, -0.2) is 17.6 Å². The molecule has 0 bridgehead atoms. The molecule has 0 aromatic carbocycles. The van der Waals surface area contributed by atoms with Gasteiger partial charge >= 0.3 is 5.97 Å². The lowest BCUT2D eigenvalue weighted by Crippen LogP contribution is -2.06. The molecule has 0 amide bonds. The zero-order valence-corrected chi connectivity index (χ0v) is 13.2. The smallest absolute Gasteiger partial charge is 0.305 e. The number of hydrogen-bond donors (Lipinski definition) is 0. The van der Waals surface area contributed by atoms with E-state index in [-0.39, 0.29) is 11.3 Å². The molecule has 0 saturated heterocycles. The molecule has 1 rings (SSSR count). The molecule has 0 aliphatic heterocycles. The maximum Gasteiger partial charge on any atom is 0.305 e. The molecule has 0 spiro atoms. The summed E-state index contributed by atoms with van der Waals surface area (Å²) in [5, 5.41) is -0.304. The fourth-order valence-corrected chi connectivity index (χ4v) is 2.95. The second-order valence-electron chi connectivity index (χ2n) is 3.33. The van der Waals surface area contributed by atoms with Crippen LogP contribution in [0.1, 0.15) is 30.8 Å². The van der Waals surface area contributed by atoms with E-state index in [1.807, 2.05) is 6.07 Å². The molecule has 0 saturated carbocycles. The number of esters is 1. The van der Waals surface area contributed by atoms with Crippen LogP contribution < -0.4 is 0 Å². The number of ether oxygens (including phenoxy) is 1. The molecule has 0 radical (unpaired) electrons. The van der Waals surface area contributed by atoms with Crippen molar-refractivity contribution >= 4 is 49.4 Å². The minimum atomic E-state index is -0.304. The first-order valence-electron chi connectivity index (χ1n) is 5.15. The fourth-order valence-electron chi connectivity index (χ4n) is 1.27. The summed E-state index contributed by atoms with van der Waals surface area (Å²) < 4.78 is 6.55. The molecule has 1 unspecified atom stereocenters. The first-order chi connectivity index (χ1) is 8.04. The number of halogens is 3. The molecular formula is C11H12Br2ClNO2. The Morgan fingerprint density at radius 3 is 2.88 bits per heavy atom. The van der Waals surface area contributed by atoms with E-state index in [0.29, 0.717) is 19.4 Å². The second-order valence-corrected chi connectivity index (χ2v) is 5.63. The van der Waals surface area contributed by atoms with Crippen LogP contribution in [0.25, 0.3) is 0 Å². The number of carbonyl (C=O) groups excluding carboxylic acids is 1. The van der Waals surface area contributed by atoms with Crippen molar-refractivity contribution in [2.24, 2.45) is 0 Å². The Labute approximate surface area is 122 Å². The standard InChI is InChI=1S/C11H12Br2ClNO2/c1-2-17-10(16)4-3-9(14)11-8(13)5-7(12)6-15-11/h5-6,9H,2-4H2,1H3. The molecule has 1 atom stereocenters. The number of hydrogen-bond acceptors (Lipinski definition) is 3. The Bertz CT molecular complexity index is 401. The largest absolute Gasteiger partial charge is 0.466 e. The molecule has 3 nitrogen and oxygen atoms in total. The van der Waals surface area contributed by atoms with E-state index in [1.165, 1.54) is 0 Å². The minimum absolute atomic E-state index is 0.230. The van der Waals surface area contributed by atoms with Crippen molar-refractivity contribution in [3.8, 4) is 0 Å². The van der Waals surface area contributed by atoms with Crippen molar-refractivity contribution < 1.29 is 9.53 Å². The van der Waals surface area contributed by atoms with Gasteiger partial charge in [-0.05, 0) is 51.3 Å². The SMILES string of the molecule is CCOC(=O)CCC(Cl)c1ncc(Br)cc1Br. The Morgan fingerprint density at radius 1 is 1.59 bits per heavy atom. The summed E-state index contributed by atoms with van der Waals surface area (Å²) in [4.78, 5) is 15.4. The van der Waals surface area contributed by atoms with E-state index in [2.05, 4.69) is 36.8 Å². The maximum absolute atomic E-state index is 11.2. The predicted octanol–water partition coefficient (Wildman–Crippen LogP) is 4.23. The highest BCUT2D eigenvalue weighted by molar-refractivity contribution is 9.11. The minimum Gasteiger partial charge on any atom is -0.466 e. The molecule has 6 heteroatoms. The molecule has 0 aliphatic carbocycles. The Balaban J connectivity index is 2.57. The van der Waals surface area contributed by atoms with Gasteiger partial charge in [-0.2, -0.15) is 0 Å². The molecule has 0 aliphatic rings. The normalized spacial score (nSPS) is 12.2. The number of nitrogens with zero attached hydrogens (tertiary/aromatic N) is 1. The van der Waals surface area contributed by atoms with E-state index in [0.717, 1.165) is 14.6 Å². The first-order valence-corrected chi connectivity index (χ1v) is 7.17. The Hall–Kier alpha value is -0.130. The van der Waals surface area contributed by atoms with Crippen LogP contribution >= 0.6 is 43.5 Å². The Morgan fingerprint density at radius 2 is 2.29 bits per heavy atom. The lowest BCUT2D eigenvalue weighted by atomic mass is 10.1. The van der Waals surface area contributed by atoms with Crippen LogP contribution in [0.2, 0.25) is 0 Å². The van der Waals surface area contributed by atoms with E-state index in [4.69, 9.17) is 16.3 Å². The van der Waals surface area contributed by atoms with Gasteiger partial charge in [-0.3, -0.25) is 9.78 Å². The van der Waals surface area contributed by atoms with Gasteiger partial charge in [0, 0.05) is 21.6 Å². The van der Waals surface area contributed by atoms with Gasteiger partial charge in [0.15, 0.2) is 0 Å². The summed E-state index contributed by atoms with van der Waals surface area (Å²) in [6.45, 7) is 2.18. The molecule has 0 N–H and O–H groups in total. The van der Waals surface area contributed by atoms with E-state index in [1.54, 1.807) is 13.1 Å². The lowest BCUT2D eigenvalue weighted by Gasteiger charge is -2.10. The number of carbonyl (C=O) groups is 1. The zero-order chi connectivity index (χ0) is 12.8. The lowest BCUT2D eigenvalue weighted by molar-refractivity contribution is -0.143. The van der Waals surface area contributed by atoms with Crippen LogP contribution in [0.5, 0.6) is 0 Å². The highest BCUT2D eigenvalue weighted by Gasteiger charge is 2.15. The van der Waals surface area contributed by atoms with Gasteiger partial charge < -0.3 is 4.74 Å². The topological polar surface area (TPSA) is 39.2 Å². The first kappa shape index (κ1) is 14.9. The van der Waals surface area contributed by atoms with Crippen LogP contribution in [0.15, 0.2) is 21.2 Å². The molecular weight excluding hydrogens is 373 g/mol. The fraction of sp³-hybridized carbons (Fsp3) is 0.455. The van der Waals surface area contributed by atoms with Gasteiger partial charge in [0.25, 0.3) is 0 Å². The average molecular weight is 385 g/mol. The van der Waals surface area contributed by atoms with Gasteiger partial charge in [0.1, 0.15) is 0 Å². The number of aromatic nitrogens is 1. The van der Waals surface area contributed by atoms with Crippen molar-refractivity contribution in [3.63, 3.8) is 0 Å². The zero-order valence-electron chi connectivity index (χ0n) is 9.25. The molecule has 1 aromatic heterocycles. The van der Waals surface area contributed by atoms with E-state index in [9.17, 15) is 4.79 Å². The summed E-state index contributed by atoms with van der Waals surface area (Å²) in [6, 6.07) is 1.88. The van der Waals surface area contributed by atoms with Crippen molar-refractivity contribution in [1.29, 1.82) is 0 Å². The number of rotatable bonds is 5. The van der Waals surface area contributed by atoms with Crippen LogP contribution in [-0.2, 0) is 9.53 Å². The summed E-state index contributed by atoms with van der Waals surface area (Å²) in [7, 11) is 0. The van der Waals surface area contributed by atoms with Crippen LogP contribution in [0.4, 0.5) is 0 Å². The van der Waals surface area contributed by atoms with Gasteiger partial charge in [0.05, 0.1) is 17.7 Å². The molecule has 17 heavy (non-hydrogen) atoms. The van der Waals surface area contributed by atoms with Crippen LogP contribution in [0, 0.1) is 0 Å². The highest BCUT2D eigenvalue weighted by atomic mass is 79.9. The van der Waals surface area contributed by atoms with Crippen molar-refractivity contribution in [2.75, 3.05) is 6.61 Å².